The summed E-state index contributed by atoms with van der Waals surface area (Å²) in [6.45, 7) is 4.04. The zero-order chi connectivity index (χ0) is 19.6. The van der Waals surface area contributed by atoms with Crippen molar-refractivity contribution in [2.45, 2.75) is 58.5 Å². The molecule has 3 fully saturated rings. The Balaban J connectivity index is 1.75. The number of halogens is 1. The van der Waals surface area contributed by atoms with Crippen LogP contribution in [0, 0.1) is 28.6 Å². The Morgan fingerprint density at radius 1 is 1.26 bits per heavy atom. The van der Waals surface area contributed by atoms with Crippen LogP contribution in [-0.2, 0) is 19.1 Å². The number of carbonyl (C=O) groups is 3. The average molecular weight is 374 g/mol. The Morgan fingerprint density at radius 2 is 2.00 bits per heavy atom. The minimum Gasteiger partial charge on any atom is -0.466 e. The van der Waals surface area contributed by atoms with Crippen LogP contribution in [-0.4, -0.2) is 30.8 Å². The van der Waals surface area contributed by atoms with E-state index in [4.69, 9.17) is 4.74 Å². The lowest BCUT2D eigenvalue weighted by Crippen LogP contribution is -2.56. The minimum atomic E-state index is -1.16. The summed E-state index contributed by atoms with van der Waals surface area (Å²) in [4.78, 5) is 37.0. The second kappa shape index (κ2) is 6.11. The molecule has 0 N–H and O–H groups in total. The Hall–Kier alpha value is -1.78. The number of Topliss-reactive ketones (excluding diaryl/α,β-unsaturated/α-hetero) is 1. The highest BCUT2D eigenvalue weighted by molar-refractivity contribution is 5.93. The van der Waals surface area contributed by atoms with E-state index < -0.39 is 23.0 Å². The van der Waals surface area contributed by atoms with Gasteiger partial charge in [0.15, 0.2) is 5.78 Å². The summed E-state index contributed by atoms with van der Waals surface area (Å²) in [5.41, 5.74) is 0.560. The van der Waals surface area contributed by atoms with Crippen LogP contribution in [0.4, 0.5) is 4.39 Å². The van der Waals surface area contributed by atoms with Gasteiger partial charge in [-0.2, -0.15) is 0 Å². The summed E-state index contributed by atoms with van der Waals surface area (Å²) >= 11 is 0. The van der Waals surface area contributed by atoms with Crippen molar-refractivity contribution in [3.05, 3.63) is 23.3 Å². The fourth-order valence-electron chi connectivity index (χ4n) is 6.68. The van der Waals surface area contributed by atoms with E-state index in [2.05, 4.69) is 6.92 Å². The van der Waals surface area contributed by atoms with Gasteiger partial charge in [-0.05, 0) is 54.6 Å². The van der Waals surface area contributed by atoms with Crippen LogP contribution >= 0.6 is 0 Å². The smallest absolute Gasteiger partial charge is 0.330 e. The first-order valence-electron chi connectivity index (χ1n) is 9.91. The van der Waals surface area contributed by atoms with Crippen LogP contribution in [0.2, 0.25) is 0 Å². The van der Waals surface area contributed by atoms with E-state index in [0.29, 0.717) is 31.3 Å². The van der Waals surface area contributed by atoms with E-state index in [9.17, 15) is 14.4 Å². The van der Waals surface area contributed by atoms with Crippen molar-refractivity contribution in [1.82, 2.24) is 0 Å². The summed E-state index contributed by atoms with van der Waals surface area (Å²) in [6.07, 6.45) is 5.10. The highest BCUT2D eigenvalue weighted by Gasteiger charge is 2.62. The molecule has 5 heteroatoms. The van der Waals surface area contributed by atoms with Gasteiger partial charge in [0.2, 0.25) is 0 Å². The molecule has 0 unspecified atom stereocenters. The molecule has 0 aromatic rings. The first-order chi connectivity index (χ1) is 12.7. The second-order valence-corrected chi connectivity index (χ2v) is 9.23. The maximum absolute atomic E-state index is 15.2. The molecule has 0 aromatic heterocycles. The first kappa shape index (κ1) is 18.6. The quantitative estimate of drug-likeness (QED) is 0.518. The number of ether oxygens (including phenoxy) is 1. The molecule has 0 aromatic carbocycles. The molecule has 146 valence electrons. The van der Waals surface area contributed by atoms with Crippen molar-refractivity contribution in [1.29, 1.82) is 0 Å². The van der Waals surface area contributed by atoms with Gasteiger partial charge in [-0.1, -0.05) is 19.4 Å². The number of hydrogen-bond donors (Lipinski definition) is 0. The maximum Gasteiger partial charge on any atom is 0.330 e. The lowest BCUT2D eigenvalue weighted by molar-refractivity contribution is -0.145. The van der Waals surface area contributed by atoms with Crippen molar-refractivity contribution in [2.75, 3.05) is 7.11 Å². The van der Waals surface area contributed by atoms with E-state index in [1.807, 2.05) is 6.92 Å². The van der Waals surface area contributed by atoms with Gasteiger partial charge in [-0.15, -0.1) is 0 Å². The fraction of sp³-hybridized carbons (Fsp3) is 0.682. The molecule has 0 amide bonds. The number of esters is 1. The Kier molecular flexibility index (Phi) is 4.21. The molecule has 3 saturated carbocycles. The third kappa shape index (κ3) is 2.57. The van der Waals surface area contributed by atoms with E-state index in [0.717, 1.165) is 18.4 Å². The molecule has 27 heavy (non-hydrogen) atoms. The monoisotopic (exact) mass is 374 g/mol. The third-order valence-corrected chi connectivity index (χ3v) is 7.97. The zero-order valence-electron chi connectivity index (χ0n) is 16.2. The summed E-state index contributed by atoms with van der Waals surface area (Å²) in [5.74, 6) is -0.335. The standard InChI is InChI=1S/C22H27FO4/c1-21-7-6-13(24)9-16(21)17(23)10-14-15-5-4-12(8-19(26)27-3)22(15,2)11-18(25)20(14)21/h8-9,14-15,17,20H,4-7,10-11H2,1-3H3/b12-8+/t14-,15-,17+,20+,21+,22-/m1/s1. The van der Waals surface area contributed by atoms with Crippen molar-refractivity contribution < 1.29 is 23.5 Å². The van der Waals surface area contributed by atoms with Gasteiger partial charge in [0.25, 0.3) is 0 Å². The van der Waals surface area contributed by atoms with Crippen molar-refractivity contribution in [3.63, 3.8) is 0 Å². The molecule has 0 spiro atoms. The van der Waals surface area contributed by atoms with Crippen LogP contribution in [0.1, 0.15) is 52.4 Å². The van der Waals surface area contributed by atoms with Crippen molar-refractivity contribution >= 4 is 17.5 Å². The number of methoxy groups -OCH3 is 1. The molecule has 0 radical (unpaired) electrons. The highest BCUT2D eigenvalue weighted by Crippen LogP contribution is 2.65. The van der Waals surface area contributed by atoms with Crippen molar-refractivity contribution in [2.24, 2.45) is 28.6 Å². The van der Waals surface area contributed by atoms with Gasteiger partial charge in [0, 0.05) is 30.3 Å². The normalized spacial score (nSPS) is 45.0. The predicted molar refractivity (Wildman–Crippen MR) is 97.5 cm³/mol. The van der Waals surface area contributed by atoms with Crippen LogP contribution in [0.3, 0.4) is 0 Å². The summed E-state index contributed by atoms with van der Waals surface area (Å²) in [6, 6.07) is 0. The molecule has 0 aliphatic heterocycles. The van der Waals surface area contributed by atoms with Crippen molar-refractivity contribution in [3.8, 4) is 0 Å². The minimum absolute atomic E-state index is 0.0270. The molecule has 4 aliphatic rings. The predicted octanol–water partition coefficient (Wildman–Crippen LogP) is 3.74. The number of fused-ring (bicyclic) bond motifs is 5. The molecular weight excluding hydrogens is 347 g/mol. The number of allylic oxidation sites excluding steroid dienone is 2. The third-order valence-electron chi connectivity index (χ3n) is 7.97. The number of rotatable bonds is 1. The number of alkyl halides is 1. The van der Waals surface area contributed by atoms with Gasteiger partial charge in [0.05, 0.1) is 7.11 Å². The number of hydrogen-bond acceptors (Lipinski definition) is 4. The van der Waals surface area contributed by atoms with Crippen LogP contribution in [0.15, 0.2) is 23.3 Å². The van der Waals surface area contributed by atoms with E-state index in [1.54, 1.807) is 0 Å². The number of ketones is 2. The Labute approximate surface area is 159 Å². The summed E-state index contributed by atoms with van der Waals surface area (Å²) < 4.78 is 19.9. The highest BCUT2D eigenvalue weighted by atomic mass is 19.1. The summed E-state index contributed by atoms with van der Waals surface area (Å²) in [5, 5.41) is 0. The summed E-state index contributed by atoms with van der Waals surface area (Å²) in [7, 11) is 1.35. The molecule has 0 saturated heterocycles. The molecule has 0 bridgehead atoms. The zero-order valence-corrected chi connectivity index (χ0v) is 16.2. The molecule has 4 rings (SSSR count). The van der Waals surface area contributed by atoms with Gasteiger partial charge in [0.1, 0.15) is 12.0 Å². The van der Waals surface area contributed by atoms with E-state index in [-0.39, 0.29) is 29.3 Å². The SMILES string of the molecule is COC(=O)/C=C1\CC[C@@H]2[C@H]3C[C@H](F)C4=CC(=O)CC[C@]4(C)[C@@H]3C(=O)C[C@]12C. The number of carbonyl (C=O) groups excluding carboxylic acids is 3. The maximum atomic E-state index is 15.2. The second-order valence-electron chi connectivity index (χ2n) is 9.23. The fourth-order valence-corrected chi connectivity index (χ4v) is 6.68. The first-order valence-corrected chi connectivity index (χ1v) is 9.91. The van der Waals surface area contributed by atoms with Gasteiger partial charge in [-0.25, -0.2) is 9.18 Å². The Morgan fingerprint density at radius 3 is 2.70 bits per heavy atom. The lowest BCUT2D eigenvalue weighted by atomic mass is 9.46. The molecule has 4 aliphatic carbocycles. The van der Waals surface area contributed by atoms with E-state index >= 15 is 4.39 Å². The molecule has 6 atom stereocenters. The van der Waals surface area contributed by atoms with Gasteiger partial charge < -0.3 is 4.74 Å². The van der Waals surface area contributed by atoms with Gasteiger partial charge in [-0.3, -0.25) is 9.59 Å². The molecule has 0 heterocycles. The van der Waals surface area contributed by atoms with E-state index in [1.165, 1.54) is 19.3 Å². The Bertz CT molecular complexity index is 781. The topological polar surface area (TPSA) is 60.4 Å². The average Bonchev–Trinajstić information content (AvgIpc) is 2.92. The molecular formula is C22H27FO4. The van der Waals surface area contributed by atoms with Gasteiger partial charge >= 0.3 is 5.97 Å². The lowest BCUT2D eigenvalue weighted by Gasteiger charge is -2.57. The largest absolute Gasteiger partial charge is 0.466 e. The molecule has 4 nitrogen and oxygen atoms in total. The van der Waals surface area contributed by atoms with Crippen LogP contribution < -0.4 is 0 Å². The van der Waals surface area contributed by atoms with Crippen LogP contribution in [0.25, 0.3) is 0 Å². The van der Waals surface area contributed by atoms with Crippen LogP contribution in [0.5, 0.6) is 0 Å².